The number of ether oxygens (including phenoxy) is 1. The molecule has 0 aliphatic heterocycles. The van der Waals surface area contributed by atoms with Crippen LogP contribution in [0.4, 0.5) is 0 Å². The van der Waals surface area contributed by atoms with E-state index in [1.165, 1.54) is 4.90 Å². The first-order valence-electron chi connectivity index (χ1n) is 6.36. The molecule has 0 fully saturated rings. The van der Waals surface area contributed by atoms with Crippen LogP contribution < -0.4 is 0 Å². The van der Waals surface area contributed by atoms with Gasteiger partial charge in [0.2, 0.25) is 0 Å². The average molecular weight is 280 g/mol. The maximum Gasteiger partial charge on any atom is 0.107 e. The first-order valence-corrected chi connectivity index (χ1v) is 7.17. The minimum absolute atomic E-state index is 0.446. The molecule has 2 aromatic rings. The fourth-order valence-electron chi connectivity index (χ4n) is 1.60. The Bertz CT molecular complexity index is 606. The summed E-state index contributed by atoms with van der Waals surface area (Å²) < 4.78 is 4.98. The van der Waals surface area contributed by atoms with Gasteiger partial charge in [0.15, 0.2) is 0 Å². The topological polar surface area (TPSA) is 9.23 Å². The van der Waals surface area contributed by atoms with E-state index in [1.54, 1.807) is 18.9 Å². The highest BCUT2D eigenvalue weighted by Gasteiger charge is 1.98. The SMILES string of the molecule is COCC#C/C(=C/c1ccccc1)Sc1ccccc1. The zero-order chi connectivity index (χ0) is 14.0. The van der Waals surface area contributed by atoms with E-state index in [9.17, 15) is 0 Å². The van der Waals surface area contributed by atoms with E-state index in [2.05, 4.69) is 42.2 Å². The van der Waals surface area contributed by atoms with Gasteiger partial charge in [-0.1, -0.05) is 72.1 Å². The van der Waals surface area contributed by atoms with E-state index >= 15 is 0 Å². The molecule has 2 aromatic carbocycles. The predicted octanol–water partition coefficient (Wildman–Crippen LogP) is 4.47. The van der Waals surface area contributed by atoms with Gasteiger partial charge >= 0.3 is 0 Å². The van der Waals surface area contributed by atoms with Crippen molar-refractivity contribution >= 4 is 17.8 Å². The standard InChI is InChI=1S/C18H16OS/c1-19-14-8-13-18(15-16-9-4-2-5-10-16)20-17-11-6-3-7-12-17/h2-7,9-12,15H,14H2,1H3/b18-15-. The summed E-state index contributed by atoms with van der Waals surface area (Å²) in [6.45, 7) is 0.446. The summed E-state index contributed by atoms with van der Waals surface area (Å²) >= 11 is 1.67. The summed E-state index contributed by atoms with van der Waals surface area (Å²) in [5.74, 6) is 6.18. The summed E-state index contributed by atoms with van der Waals surface area (Å²) in [6.07, 6.45) is 2.10. The molecule has 0 bridgehead atoms. The second-order valence-corrected chi connectivity index (χ2v) is 5.18. The number of rotatable bonds is 4. The van der Waals surface area contributed by atoms with Crippen molar-refractivity contribution in [1.82, 2.24) is 0 Å². The normalized spacial score (nSPS) is 10.8. The van der Waals surface area contributed by atoms with Gasteiger partial charge in [0.05, 0.1) is 4.91 Å². The Hall–Kier alpha value is -1.95. The molecule has 0 aliphatic carbocycles. The second-order valence-electron chi connectivity index (χ2n) is 4.07. The highest BCUT2D eigenvalue weighted by Crippen LogP contribution is 2.27. The largest absolute Gasteiger partial charge is 0.372 e. The lowest BCUT2D eigenvalue weighted by atomic mass is 10.2. The van der Waals surface area contributed by atoms with Crippen molar-refractivity contribution in [3.63, 3.8) is 0 Å². The fraction of sp³-hybridized carbons (Fsp3) is 0.111. The van der Waals surface area contributed by atoms with Crippen LogP contribution in [0.25, 0.3) is 6.08 Å². The first kappa shape index (κ1) is 14.5. The Morgan fingerprint density at radius 3 is 2.35 bits per heavy atom. The van der Waals surface area contributed by atoms with Crippen LogP contribution in [-0.2, 0) is 4.74 Å². The van der Waals surface area contributed by atoms with Gasteiger partial charge in [-0.25, -0.2) is 0 Å². The molecular formula is C18H16OS. The van der Waals surface area contributed by atoms with E-state index in [0.29, 0.717) is 6.61 Å². The van der Waals surface area contributed by atoms with Gasteiger partial charge in [-0.05, 0) is 23.8 Å². The molecule has 0 aromatic heterocycles. The van der Waals surface area contributed by atoms with Gasteiger partial charge < -0.3 is 4.74 Å². The van der Waals surface area contributed by atoms with Crippen LogP contribution in [0.3, 0.4) is 0 Å². The molecule has 100 valence electrons. The van der Waals surface area contributed by atoms with Crippen LogP contribution in [0, 0.1) is 11.8 Å². The van der Waals surface area contributed by atoms with E-state index in [-0.39, 0.29) is 0 Å². The Morgan fingerprint density at radius 1 is 1.05 bits per heavy atom. The van der Waals surface area contributed by atoms with Crippen molar-refractivity contribution in [3.8, 4) is 11.8 Å². The van der Waals surface area contributed by atoms with Crippen molar-refractivity contribution < 1.29 is 4.74 Å². The van der Waals surface area contributed by atoms with Crippen LogP contribution in [0.15, 0.2) is 70.5 Å². The Morgan fingerprint density at radius 2 is 1.70 bits per heavy atom. The molecule has 1 nitrogen and oxygen atoms in total. The summed E-state index contributed by atoms with van der Waals surface area (Å²) in [6, 6.07) is 20.5. The number of thioether (sulfide) groups is 1. The lowest BCUT2D eigenvalue weighted by Crippen LogP contribution is -1.82. The molecule has 0 unspecified atom stereocenters. The molecule has 0 saturated carbocycles. The Kier molecular flexibility index (Phi) is 5.98. The molecule has 2 rings (SSSR count). The summed E-state index contributed by atoms with van der Waals surface area (Å²) in [5.41, 5.74) is 1.15. The van der Waals surface area contributed by atoms with Crippen LogP contribution in [0.1, 0.15) is 5.56 Å². The smallest absolute Gasteiger partial charge is 0.107 e. The van der Waals surface area contributed by atoms with Crippen molar-refractivity contribution in [2.75, 3.05) is 13.7 Å². The maximum atomic E-state index is 4.98. The summed E-state index contributed by atoms with van der Waals surface area (Å²) in [5, 5.41) is 0. The molecule has 0 saturated heterocycles. The number of hydrogen-bond acceptors (Lipinski definition) is 2. The van der Waals surface area contributed by atoms with Crippen LogP contribution in [0.2, 0.25) is 0 Å². The first-order chi connectivity index (χ1) is 9.88. The van der Waals surface area contributed by atoms with E-state index in [4.69, 9.17) is 4.74 Å². The molecule has 2 heteroatoms. The van der Waals surface area contributed by atoms with Crippen molar-refractivity contribution in [2.24, 2.45) is 0 Å². The zero-order valence-corrected chi connectivity index (χ0v) is 12.2. The van der Waals surface area contributed by atoms with Crippen molar-refractivity contribution in [2.45, 2.75) is 4.90 Å². The average Bonchev–Trinajstić information content (AvgIpc) is 2.49. The van der Waals surface area contributed by atoms with E-state index < -0.39 is 0 Å². The number of allylic oxidation sites excluding steroid dienone is 1. The molecular weight excluding hydrogens is 264 g/mol. The predicted molar refractivity (Wildman–Crippen MR) is 86.4 cm³/mol. The molecule has 0 aliphatic rings. The molecule has 0 heterocycles. The molecule has 0 atom stereocenters. The number of methoxy groups -OCH3 is 1. The lowest BCUT2D eigenvalue weighted by Gasteiger charge is -2.01. The fourth-order valence-corrected chi connectivity index (χ4v) is 2.47. The van der Waals surface area contributed by atoms with Gasteiger partial charge in [0.1, 0.15) is 6.61 Å². The van der Waals surface area contributed by atoms with Crippen LogP contribution in [-0.4, -0.2) is 13.7 Å². The maximum absolute atomic E-state index is 4.98. The molecule has 0 amide bonds. The highest BCUT2D eigenvalue weighted by atomic mass is 32.2. The van der Waals surface area contributed by atoms with Gasteiger partial charge in [0.25, 0.3) is 0 Å². The van der Waals surface area contributed by atoms with E-state index in [1.807, 2.05) is 36.4 Å². The van der Waals surface area contributed by atoms with Crippen LogP contribution in [0.5, 0.6) is 0 Å². The molecule has 20 heavy (non-hydrogen) atoms. The zero-order valence-electron chi connectivity index (χ0n) is 11.4. The monoisotopic (exact) mass is 280 g/mol. The van der Waals surface area contributed by atoms with Crippen molar-refractivity contribution in [3.05, 3.63) is 71.1 Å². The number of benzene rings is 2. The minimum atomic E-state index is 0.446. The lowest BCUT2D eigenvalue weighted by molar-refractivity contribution is 0.240. The van der Waals surface area contributed by atoms with E-state index in [0.717, 1.165) is 10.5 Å². The second kappa shape index (κ2) is 8.27. The van der Waals surface area contributed by atoms with Crippen molar-refractivity contribution in [1.29, 1.82) is 0 Å². The van der Waals surface area contributed by atoms with Gasteiger partial charge in [-0.3, -0.25) is 0 Å². The van der Waals surface area contributed by atoms with Gasteiger partial charge in [0, 0.05) is 12.0 Å². The third kappa shape index (κ3) is 4.97. The number of hydrogen-bond donors (Lipinski definition) is 0. The quantitative estimate of drug-likeness (QED) is 0.603. The highest BCUT2D eigenvalue weighted by molar-refractivity contribution is 8.03. The summed E-state index contributed by atoms with van der Waals surface area (Å²) in [4.78, 5) is 2.20. The molecule has 0 N–H and O–H groups in total. The third-order valence-corrected chi connectivity index (χ3v) is 3.44. The molecule has 0 spiro atoms. The molecule has 0 radical (unpaired) electrons. The third-order valence-electron chi connectivity index (χ3n) is 2.50. The Balaban J connectivity index is 2.21. The van der Waals surface area contributed by atoms with Gasteiger partial charge in [-0.2, -0.15) is 0 Å². The van der Waals surface area contributed by atoms with Gasteiger partial charge in [-0.15, -0.1) is 0 Å². The Labute approximate surface area is 124 Å². The summed E-state index contributed by atoms with van der Waals surface area (Å²) in [7, 11) is 1.65. The van der Waals surface area contributed by atoms with Crippen LogP contribution >= 0.6 is 11.8 Å². The minimum Gasteiger partial charge on any atom is -0.372 e.